The van der Waals surface area contributed by atoms with Gasteiger partial charge in [0.15, 0.2) is 0 Å². The van der Waals surface area contributed by atoms with E-state index in [1.807, 2.05) is 21.0 Å². The largest absolute Gasteiger partial charge is 0.377 e. The molecule has 0 N–H and O–H groups in total. The minimum atomic E-state index is 0.0128. The lowest BCUT2D eigenvalue weighted by Gasteiger charge is -2.32. The topological polar surface area (TPSA) is 29.5 Å². The fourth-order valence-electron chi connectivity index (χ4n) is 1.73. The highest BCUT2D eigenvalue weighted by Gasteiger charge is 2.31. The van der Waals surface area contributed by atoms with Gasteiger partial charge in [-0.15, -0.1) is 6.58 Å². The number of rotatable bonds is 8. The van der Waals surface area contributed by atoms with Crippen molar-refractivity contribution in [2.45, 2.75) is 33.6 Å². The number of nitrogens with zero attached hydrogens (tertiary/aromatic N) is 1. The Morgan fingerprint density at radius 3 is 2.53 bits per heavy atom. The molecule has 0 aliphatic rings. The fourth-order valence-corrected chi connectivity index (χ4v) is 1.73. The van der Waals surface area contributed by atoms with Crippen molar-refractivity contribution < 1.29 is 9.53 Å². The van der Waals surface area contributed by atoms with Crippen molar-refractivity contribution in [3.63, 3.8) is 0 Å². The molecule has 0 aliphatic heterocycles. The first-order valence-electron chi connectivity index (χ1n) is 6.22. The summed E-state index contributed by atoms with van der Waals surface area (Å²) in [4.78, 5) is 13.6. The second-order valence-corrected chi connectivity index (χ2v) is 5.41. The number of ether oxygens (including phenoxy) is 1. The van der Waals surface area contributed by atoms with E-state index >= 15 is 0 Å². The lowest BCUT2D eigenvalue weighted by Crippen LogP contribution is -2.37. The summed E-state index contributed by atoms with van der Waals surface area (Å²) >= 11 is 0. The molecule has 1 amide bonds. The Hall–Kier alpha value is -0.830. The molecule has 0 bridgehead atoms. The van der Waals surface area contributed by atoms with Crippen molar-refractivity contribution in [2.75, 3.05) is 27.3 Å². The summed E-state index contributed by atoms with van der Waals surface area (Å²) < 4.78 is 5.35. The maximum Gasteiger partial charge on any atom is 0.225 e. The first kappa shape index (κ1) is 16.2. The molecule has 0 saturated carbocycles. The maximum absolute atomic E-state index is 11.9. The van der Waals surface area contributed by atoms with Crippen molar-refractivity contribution in [3.8, 4) is 0 Å². The molecule has 0 spiro atoms. The third kappa shape index (κ3) is 5.87. The number of hydrogen-bond donors (Lipinski definition) is 0. The molecule has 0 heterocycles. The van der Waals surface area contributed by atoms with Crippen LogP contribution in [0.3, 0.4) is 0 Å². The Morgan fingerprint density at radius 1 is 1.47 bits per heavy atom. The lowest BCUT2D eigenvalue weighted by atomic mass is 9.76. The van der Waals surface area contributed by atoms with Gasteiger partial charge in [0, 0.05) is 26.6 Å². The Morgan fingerprint density at radius 2 is 2.06 bits per heavy atom. The van der Waals surface area contributed by atoms with Crippen LogP contribution in [0.15, 0.2) is 12.7 Å². The predicted octanol–water partition coefficient (Wildman–Crippen LogP) is 2.72. The molecule has 0 fully saturated rings. The van der Waals surface area contributed by atoms with Crippen molar-refractivity contribution in [1.29, 1.82) is 0 Å². The number of carbonyl (C=O) groups excluding carboxylic acids is 1. The average Bonchev–Trinajstić information content (AvgIpc) is 2.26. The van der Waals surface area contributed by atoms with Crippen LogP contribution in [-0.2, 0) is 9.53 Å². The molecule has 0 aromatic carbocycles. The molecule has 3 heteroatoms. The van der Waals surface area contributed by atoms with Crippen molar-refractivity contribution in [2.24, 2.45) is 11.3 Å². The van der Waals surface area contributed by atoms with Crippen LogP contribution in [-0.4, -0.2) is 38.1 Å². The van der Waals surface area contributed by atoms with E-state index in [-0.39, 0.29) is 17.2 Å². The van der Waals surface area contributed by atoms with Gasteiger partial charge in [0.05, 0.1) is 6.61 Å². The summed E-state index contributed by atoms with van der Waals surface area (Å²) in [5.41, 5.74) is 0.0128. The average molecular weight is 241 g/mol. The van der Waals surface area contributed by atoms with E-state index < -0.39 is 0 Å². The van der Waals surface area contributed by atoms with E-state index in [0.29, 0.717) is 6.61 Å². The van der Waals surface area contributed by atoms with Gasteiger partial charge in [-0.2, -0.15) is 0 Å². The molecule has 0 radical (unpaired) electrons. The number of carbonyl (C=O) groups is 1. The van der Waals surface area contributed by atoms with Crippen molar-refractivity contribution in [3.05, 3.63) is 12.7 Å². The molecule has 0 aromatic rings. The van der Waals surface area contributed by atoms with Gasteiger partial charge < -0.3 is 9.64 Å². The third-order valence-corrected chi connectivity index (χ3v) is 3.33. The quantitative estimate of drug-likeness (QED) is 0.483. The molecule has 0 aliphatic carbocycles. The van der Waals surface area contributed by atoms with Gasteiger partial charge in [-0.1, -0.05) is 26.8 Å². The van der Waals surface area contributed by atoms with Crippen LogP contribution in [0.5, 0.6) is 0 Å². The van der Waals surface area contributed by atoms with Crippen LogP contribution in [0.2, 0.25) is 0 Å². The van der Waals surface area contributed by atoms with Crippen LogP contribution >= 0.6 is 0 Å². The minimum absolute atomic E-state index is 0.0128. The van der Waals surface area contributed by atoms with E-state index in [4.69, 9.17) is 4.74 Å². The van der Waals surface area contributed by atoms with E-state index in [1.165, 1.54) is 0 Å². The van der Waals surface area contributed by atoms with Gasteiger partial charge in [0.2, 0.25) is 5.91 Å². The first-order valence-corrected chi connectivity index (χ1v) is 6.22. The normalized spacial score (nSPS) is 13.2. The summed E-state index contributed by atoms with van der Waals surface area (Å²) in [6, 6.07) is 0. The van der Waals surface area contributed by atoms with E-state index in [0.717, 1.165) is 19.4 Å². The highest BCUT2D eigenvalue weighted by Crippen LogP contribution is 2.32. The zero-order chi connectivity index (χ0) is 13.5. The van der Waals surface area contributed by atoms with Gasteiger partial charge in [-0.05, 0) is 18.3 Å². The molecule has 17 heavy (non-hydrogen) atoms. The first-order chi connectivity index (χ1) is 7.83. The second kappa shape index (κ2) is 7.49. The molecular weight excluding hydrogens is 214 g/mol. The summed E-state index contributed by atoms with van der Waals surface area (Å²) in [5, 5.41) is 0. The minimum Gasteiger partial charge on any atom is -0.377 e. The molecule has 1 atom stereocenters. The number of amides is 1. The van der Waals surface area contributed by atoms with Crippen molar-refractivity contribution >= 4 is 5.91 Å². The van der Waals surface area contributed by atoms with Gasteiger partial charge in [-0.3, -0.25) is 4.79 Å². The van der Waals surface area contributed by atoms with Crippen molar-refractivity contribution in [1.82, 2.24) is 4.90 Å². The summed E-state index contributed by atoms with van der Waals surface area (Å²) in [6.07, 6.45) is 3.72. The highest BCUT2D eigenvalue weighted by atomic mass is 16.5. The highest BCUT2D eigenvalue weighted by molar-refractivity contribution is 5.78. The maximum atomic E-state index is 11.9. The molecular formula is C14H27NO2. The van der Waals surface area contributed by atoms with Gasteiger partial charge >= 0.3 is 0 Å². The molecule has 0 saturated heterocycles. The third-order valence-electron chi connectivity index (χ3n) is 3.33. The monoisotopic (exact) mass is 241 g/mol. The van der Waals surface area contributed by atoms with Crippen LogP contribution in [0.1, 0.15) is 33.6 Å². The van der Waals surface area contributed by atoms with Crippen LogP contribution in [0, 0.1) is 11.3 Å². The Labute approximate surface area is 106 Å². The molecule has 1 unspecified atom stereocenters. The van der Waals surface area contributed by atoms with Gasteiger partial charge in [-0.25, -0.2) is 0 Å². The lowest BCUT2D eigenvalue weighted by molar-refractivity contribution is -0.136. The van der Waals surface area contributed by atoms with E-state index in [1.54, 1.807) is 11.0 Å². The Bertz CT molecular complexity index is 247. The fraction of sp³-hybridized carbons (Fsp3) is 0.786. The molecule has 0 aromatic heterocycles. The van der Waals surface area contributed by atoms with Gasteiger partial charge in [0.1, 0.15) is 0 Å². The Kier molecular flexibility index (Phi) is 7.12. The number of hydrogen-bond acceptors (Lipinski definition) is 2. The molecule has 0 rings (SSSR count). The zero-order valence-electron chi connectivity index (χ0n) is 12.0. The standard InChI is InChI=1S/C14H27NO2/c1-7-10-17-11-8-9-14(3,4)12(2)13(16)15(5)6/h7,12H,1,8-11H2,2-6H3. The smallest absolute Gasteiger partial charge is 0.225 e. The predicted molar refractivity (Wildman–Crippen MR) is 71.9 cm³/mol. The summed E-state index contributed by atoms with van der Waals surface area (Å²) in [7, 11) is 3.62. The zero-order valence-corrected chi connectivity index (χ0v) is 12.0. The van der Waals surface area contributed by atoms with Crippen LogP contribution < -0.4 is 0 Å². The summed E-state index contributed by atoms with van der Waals surface area (Å²) in [6.45, 7) is 11.2. The van der Waals surface area contributed by atoms with E-state index in [9.17, 15) is 4.79 Å². The summed E-state index contributed by atoms with van der Waals surface area (Å²) in [5.74, 6) is 0.235. The van der Waals surface area contributed by atoms with Crippen LogP contribution in [0.4, 0.5) is 0 Å². The Balaban J connectivity index is 4.08. The molecule has 100 valence electrons. The van der Waals surface area contributed by atoms with E-state index in [2.05, 4.69) is 20.4 Å². The second-order valence-electron chi connectivity index (χ2n) is 5.41. The van der Waals surface area contributed by atoms with Gasteiger partial charge in [0.25, 0.3) is 0 Å². The van der Waals surface area contributed by atoms with Crippen LogP contribution in [0.25, 0.3) is 0 Å². The molecule has 3 nitrogen and oxygen atoms in total. The SMILES string of the molecule is C=CCOCCCC(C)(C)C(C)C(=O)N(C)C.